The van der Waals surface area contributed by atoms with Crippen molar-refractivity contribution in [2.24, 2.45) is 5.92 Å². The van der Waals surface area contributed by atoms with Gasteiger partial charge in [-0.15, -0.1) is 0 Å². The van der Waals surface area contributed by atoms with Gasteiger partial charge in [0.25, 0.3) is 0 Å². The molecule has 0 aromatic carbocycles. The lowest BCUT2D eigenvalue weighted by Crippen LogP contribution is -2.14. The minimum atomic E-state index is -0.0455. The molecular weight excluding hydrogens is 352 g/mol. The van der Waals surface area contributed by atoms with Gasteiger partial charge in [0.15, 0.2) is 0 Å². The number of rotatable bonds is 24. The van der Waals surface area contributed by atoms with Crippen molar-refractivity contribution < 1.29 is 5.11 Å². The van der Waals surface area contributed by atoms with Gasteiger partial charge in [0.2, 0.25) is 0 Å². The second-order valence-corrected chi connectivity index (χ2v) is 9.78. The van der Waals surface area contributed by atoms with Crippen LogP contribution >= 0.6 is 0 Å². The third-order valence-electron chi connectivity index (χ3n) is 6.68. The Hall–Kier alpha value is -0.0400. The van der Waals surface area contributed by atoms with Gasteiger partial charge >= 0.3 is 0 Å². The maximum atomic E-state index is 10.6. The minimum absolute atomic E-state index is 0.0455. The van der Waals surface area contributed by atoms with E-state index in [4.69, 9.17) is 0 Å². The lowest BCUT2D eigenvalue weighted by atomic mass is 9.88. The number of unbranched alkanes of at least 4 members (excludes halogenated alkanes) is 16. The third kappa shape index (κ3) is 22.5. The number of hydrogen-bond donors (Lipinski definition) is 1. The molecule has 0 fully saturated rings. The van der Waals surface area contributed by atoms with E-state index in [9.17, 15) is 5.11 Å². The van der Waals surface area contributed by atoms with Gasteiger partial charge in [-0.05, 0) is 18.8 Å². The topological polar surface area (TPSA) is 20.2 Å². The SMILES string of the molecule is CCCCCCCCCCC[C@@H](O)CC(CCCCCCC)CCCCCCC. The Balaban J connectivity index is 3.86. The molecule has 0 heterocycles. The average molecular weight is 411 g/mol. The van der Waals surface area contributed by atoms with Crippen LogP contribution in [0.15, 0.2) is 0 Å². The lowest BCUT2D eigenvalue weighted by molar-refractivity contribution is 0.123. The van der Waals surface area contributed by atoms with Crippen molar-refractivity contribution in [2.45, 2.75) is 175 Å². The Labute approximate surface area is 185 Å². The van der Waals surface area contributed by atoms with Gasteiger partial charge in [0.05, 0.1) is 6.10 Å². The van der Waals surface area contributed by atoms with Gasteiger partial charge in [0.1, 0.15) is 0 Å². The second-order valence-electron chi connectivity index (χ2n) is 9.78. The number of hydrogen-bond acceptors (Lipinski definition) is 1. The highest BCUT2D eigenvalue weighted by atomic mass is 16.3. The van der Waals surface area contributed by atoms with Crippen LogP contribution in [0.1, 0.15) is 168 Å². The first-order valence-corrected chi connectivity index (χ1v) is 13.9. The van der Waals surface area contributed by atoms with Crippen LogP contribution in [0.2, 0.25) is 0 Å². The summed E-state index contributed by atoms with van der Waals surface area (Å²) >= 11 is 0. The first kappa shape index (κ1) is 29.0. The van der Waals surface area contributed by atoms with E-state index >= 15 is 0 Å². The van der Waals surface area contributed by atoms with Crippen molar-refractivity contribution in [3.8, 4) is 0 Å². The van der Waals surface area contributed by atoms with Gasteiger partial charge in [-0.2, -0.15) is 0 Å². The Morgan fingerprint density at radius 3 is 1.10 bits per heavy atom. The van der Waals surface area contributed by atoms with Crippen LogP contribution < -0.4 is 0 Å². The summed E-state index contributed by atoms with van der Waals surface area (Å²) in [4.78, 5) is 0. The van der Waals surface area contributed by atoms with Gasteiger partial charge < -0.3 is 5.11 Å². The smallest absolute Gasteiger partial charge is 0.0542 e. The Bertz CT molecular complexity index is 274. The van der Waals surface area contributed by atoms with E-state index in [0.717, 1.165) is 18.8 Å². The summed E-state index contributed by atoms with van der Waals surface area (Å²) in [7, 11) is 0. The Morgan fingerprint density at radius 2 is 0.724 bits per heavy atom. The highest BCUT2D eigenvalue weighted by Crippen LogP contribution is 2.25. The normalized spacial score (nSPS) is 12.7. The molecule has 0 bridgehead atoms. The molecular formula is C28H58O. The third-order valence-corrected chi connectivity index (χ3v) is 6.68. The van der Waals surface area contributed by atoms with Crippen LogP contribution in [0.4, 0.5) is 0 Å². The minimum Gasteiger partial charge on any atom is -0.393 e. The van der Waals surface area contributed by atoms with Crippen molar-refractivity contribution in [1.82, 2.24) is 0 Å². The van der Waals surface area contributed by atoms with Crippen molar-refractivity contribution in [2.75, 3.05) is 0 Å². The molecule has 0 aliphatic rings. The molecule has 29 heavy (non-hydrogen) atoms. The van der Waals surface area contributed by atoms with Gasteiger partial charge in [0, 0.05) is 0 Å². The molecule has 0 radical (unpaired) electrons. The first-order chi connectivity index (χ1) is 14.2. The number of aliphatic hydroxyl groups excluding tert-OH is 1. The molecule has 0 saturated heterocycles. The summed E-state index contributed by atoms with van der Waals surface area (Å²) in [6.45, 7) is 6.87. The zero-order valence-electron chi connectivity index (χ0n) is 20.9. The molecule has 1 nitrogen and oxygen atoms in total. The first-order valence-electron chi connectivity index (χ1n) is 13.9. The predicted octanol–water partition coefficient (Wildman–Crippen LogP) is 10.00. The van der Waals surface area contributed by atoms with Crippen LogP contribution in [0.3, 0.4) is 0 Å². The van der Waals surface area contributed by atoms with Crippen LogP contribution in [-0.2, 0) is 0 Å². The summed E-state index contributed by atoms with van der Waals surface area (Å²) in [5.74, 6) is 0.770. The summed E-state index contributed by atoms with van der Waals surface area (Å²) in [6.07, 6.45) is 30.9. The van der Waals surface area contributed by atoms with E-state index in [-0.39, 0.29) is 6.10 Å². The maximum absolute atomic E-state index is 10.6. The van der Waals surface area contributed by atoms with Crippen LogP contribution in [-0.4, -0.2) is 11.2 Å². The predicted molar refractivity (Wildman–Crippen MR) is 133 cm³/mol. The zero-order valence-corrected chi connectivity index (χ0v) is 20.9. The van der Waals surface area contributed by atoms with Gasteiger partial charge in [-0.1, -0.05) is 156 Å². The fraction of sp³-hybridized carbons (Fsp3) is 1.00. The van der Waals surface area contributed by atoms with E-state index in [1.807, 2.05) is 0 Å². The molecule has 0 saturated carbocycles. The van der Waals surface area contributed by atoms with E-state index in [1.165, 1.54) is 135 Å². The largest absolute Gasteiger partial charge is 0.393 e. The van der Waals surface area contributed by atoms with Gasteiger partial charge in [-0.25, -0.2) is 0 Å². The van der Waals surface area contributed by atoms with Crippen molar-refractivity contribution in [3.05, 3.63) is 0 Å². The summed E-state index contributed by atoms with van der Waals surface area (Å²) in [5.41, 5.74) is 0. The molecule has 0 aromatic rings. The molecule has 0 spiro atoms. The monoisotopic (exact) mass is 410 g/mol. The fourth-order valence-corrected chi connectivity index (χ4v) is 4.65. The zero-order chi connectivity index (χ0) is 21.4. The van der Waals surface area contributed by atoms with E-state index < -0.39 is 0 Å². The molecule has 0 amide bonds. The van der Waals surface area contributed by atoms with E-state index in [2.05, 4.69) is 20.8 Å². The standard InChI is InChI=1S/C28H58O/c1-4-7-10-13-14-15-16-19-22-25-28(29)26-27(23-20-17-11-8-5-2)24-21-18-12-9-6-3/h27-29H,4-26H2,1-3H3/t28-/m1/s1. The molecule has 0 aliphatic heterocycles. The van der Waals surface area contributed by atoms with Crippen molar-refractivity contribution in [1.29, 1.82) is 0 Å². The Morgan fingerprint density at radius 1 is 0.414 bits per heavy atom. The lowest BCUT2D eigenvalue weighted by Gasteiger charge is -2.20. The van der Waals surface area contributed by atoms with Crippen LogP contribution in [0, 0.1) is 5.92 Å². The molecule has 176 valence electrons. The van der Waals surface area contributed by atoms with Gasteiger partial charge in [-0.3, -0.25) is 0 Å². The molecule has 1 N–H and O–H groups in total. The Kier molecular flexibility index (Phi) is 24.2. The highest BCUT2D eigenvalue weighted by Gasteiger charge is 2.14. The number of aliphatic hydroxyl groups is 1. The quantitative estimate of drug-likeness (QED) is 0.157. The summed E-state index contributed by atoms with van der Waals surface area (Å²) in [5, 5.41) is 10.6. The van der Waals surface area contributed by atoms with Crippen LogP contribution in [0.25, 0.3) is 0 Å². The molecule has 0 aromatic heterocycles. The summed E-state index contributed by atoms with van der Waals surface area (Å²) < 4.78 is 0. The highest BCUT2D eigenvalue weighted by molar-refractivity contribution is 4.67. The van der Waals surface area contributed by atoms with E-state index in [0.29, 0.717) is 0 Å². The van der Waals surface area contributed by atoms with Crippen molar-refractivity contribution in [3.63, 3.8) is 0 Å². The molecule has 1 atom stereocenters. The molecule has 1 heteroatoms. The maximum Gasteiger partial charge on any atom is 0.0542 e. The average Bonchev–Trinajstić information content (AvgIpc) is 2.72. The van der Waals surface area contributed by atoms with E-state index in [1.54, 1.807) is 0 Å². The van der Waals surface area contributed by atoms with Crippen molar-refractivity contribution >= 4 is 0 Å². The molecule has 0 rings (SSSR count). The van der Waals surface area contributed by atoms with Crippen LogP contribution in [0.5, 0.6) is 0 Å². The summed E-state index contributed by atoms with van der Waals surface area (Å²) in [6, 6.07) is 0. The second kappa shape index (κ2) is 24.2. The fourth-order valence-electron chi connectivity index (χ4n) is 4.65. The molecule has 0 unspecified atom stereocenters. The molecule has 0 aliphatic carbocycles.